The topological polar surface area (TPSA) is 41.8 Å². The molecular formula is C10H9ClF2N2. The summed E-state index contributed by atoms with van der Waals surface area (Å²) in [7, 11) is 0. The number of hydrogen-bond donors (Lipinski definition) is 2. The van der Waals surface area contributed by atoms with Crippen molar-refractivity contribution in [2.24, 2.45) is 5.73 Å². The van der Waals surface area contributed by atoms with Crippen LogP contribution in [0.4, 0.5) is 8.78 Å². The van der Waals surface area contributed by atoms with Gasteiger partial charge in [0.1, 0.15) is 6.04 Å². The molecule has 2 aromatic rings. The van der Waals surface area contributed by atoms with Crippen LogP contribution in [0.25, 0.3) is 10.9 Å². The predicted octanol–water partition coefficient (Wildman–Crippen LogP) is 3.09. The first-order valence-corrected chi connectivity index (χ1v) is 4.77. The van der Waals surface area contributed by atoms with E-state index in [1.54, 1.807) is 24.3 Å². The van der Waals surface area contributed by atoms with E-state index in [9.17, 15) is 8.78 Å². The third kappa shape index (κ3) is 1.96. The molecule has 0 amide bonds. The Hall–Kier alpha value is -1.13. The first-order chi connectivity index (χ1) is 7.08. The minimum Gasteiger partial charge on any atom is -0.357 e. The molecule has 0 radical (unpaired) electrons. The zero-order valence-corrected chi connectivity index (χ0v) is 8.43. The number of H-pyrrole nitrogens is 1. The standard InChI is InChI=1S/C10H9ClF2N2/c11-6-1-2-7-5(3-6)4-8(15-7)9(14)10(12)13/h1-4,9-10,15H,14H2. The maximum absolute atomic E-state index is 12.4. The van der Waals surface area contributed by atoms with Crippen molar-refractivity contribution in [2.45, 2.75) is 12.5 Å². The van der Waals surface area contributed by atoms with Crippen molar-refractivity contribution in [1.82, 2.24) is 4.98 Å². The van der Waals surface area contributed by atoms with E-state index in [-0.39, 0.29) is 0 Å². The molecule has 0 fully saturated rings. The lowest BCUT2D eigenvalue weighted by atomic mass is 10.2. The smallest absolute Gasteiger partial charge is 0.259 e. The monoisotopic (exact) mass is 230 g/mol. The van der Waals surface area contributed by atoms with Gasteiger partial charge in [0.05, 0.1) is 0 Å². The molecule has 1 aromatic carbocycles. The maximum Gasteiger partial charge on any atom is 0.259 e. The van der Waals surface area contributed by atoms with Crippen LogP contribution < -0.4 is 5.73 Å². The normalized spacial score (nSPS) is 13.7. The number of nitrogens with one attached hydrogen (secondary N) is 1. The largest absolute Gasteiger partial charge is 0.357 e. The van der Waals surface area contributed by atoms with Gasteiger partial charge >= 0.3 is 0 Å². The Bertz CT molecular complexity index is 481. The lowest BCUT2D eigenvalue weighted by Crippen LogP contribution is -2.19. The summed E-state index contributed by atoms with van der Waals surface area (Å²) in [5.74, 6) is 0. The number of hydrogen-bond acceptors (Lipinski definition) is 1. The highest BCUT2D eigenvalue weighted by atomic mass is 35.5. The molecule has 1 atom stereocenters. The lowest BCUT2D eigenvalue weighted by Gasteiger charge is -2.06. The number of aromatic amines is 1. The van der Waals surface area contributed by atoms with Gasteiger partial charge in [0.25, 0.3) is 6.43 Å². The van der Waals surface area contributed by atoms with Crippen LogP contribution in [-0.4, -0.2) is 11.4 Å². The highest BCUT2D eigenvalue weighted by molar-refractivity contribution is 6.31. The Kier molecular flexibility index (Phi) is 2.63. The van der Waals surface area contributed by atoms with Gasteiger partial charge in [-0.05, 0) is 24.3 Å². The van der Waals surface area contributed by atoms with E-state index >= 15 is 0 Å². The number of benzene rings is 1. The number of alkyl halides is 2. The maximum atomic E-state index is 12.4. The van der Waals surface area contributed by atoms with Gasteiger partial charge in [-0.3, -0.25) is 0 Å². The van der Waals surface area contributed by atoms with Crippen LogP contribution in [0, 0.1) is 0 Å². The van der Waals surface area contributed by atoms with Crippen LogP contribution in [0.5, 0.6) is 0 Å². The number of halogens is 3. The van der Waals surface area contributed by atoms with Crippen molar-refractivity contribution < 1.29 is 8.78 Å². The molecule has 2 nitrogen and oxygen atoms in total. The molecule has 1 unspecified atom stereocenters. The van der Waals surface area contributed by atoms with Crippen LogP contribution >= 0.6 is 11.6 Å². The summed E-state index contributed by atoms with van der Waals surface area (Å²) < 4.78 is 24.7. The van der Waals surface area contributed by atoms with Crippen molar-refractivity contribution in [2.75, 3.05) is 0 Å². The van der Waals surface area contributed by atoms with Gasteiger partial charge in [0.2, 0.25) is 0 Å². The zero-order valence-electron chi connectivity index (χ0n) is 7.68. The first kappa shape index (κ1) is 10.4. The van der Waals surface area contributed by atoms with Gasteiger partial charge in [0.15, 0.2) is 0 Å². The van der Waals surface area contributed by atoms with Gasteiger partial charge in [-0.25, -0.2) is 8.78 Å². The molecule has 5 heteroatoms. The molecule has 2 rings (SSSR count). The molecule has 3 N–H and O–H groups in total. The fraction of sp³-hybridized carbons (Fsp3) is 0.200. The Morgan fingerprint density at radius 3 is 2.67 bits per heavy atom. The molecule has 0 aliphatic heterocycles. The van der Waals surface area contributed by atoms with E-state index in [0.717, 1.165) is 10.9 Å². The van der Waals surface area contributed by atoms with E-state index in [1.807, 2.05) is 0 Å². The summed E-state index contributed by atoms with van der Waals surface area (Å²) in [5, 5.41) is 1.35. The van der Waals surface area contributed by atoms with Crippen molar-refractivity contribution in [1.29, 1.82) is 0 Å². The lowest BCUT2D eigenvalue weighted by molar-refractivity contribution is 0.115. The summed E-state index contributed by atoms with van der Waals surface area (Å²) in [6, 6.07) is 5.45. The quantitative estimate of drug-likeness (QED) is 0.818. The number of nitrogens with two attached hydrogens (primary N) is 1. The molecule has 0 saturated carbocycles. The summed E-state index contributed by atoms with van der Waals surface area (Å²) in [5.41, 5.74) is 6.40. The minimum atomic E-state index is -2.58. The molecule has 0 aliphatic carbocycles. The summed E-state index contributed by atoms with van der Waals surface area (Å²) in [6.07, 6.45) is -2.58. The third-order valence-electron chi connectivity index (χ3n) is 2.23. The van der Waals surface area contributed by atoms with E-state index in [2.05, 4.69) is 4.98 Å². The second-order valence-electron chi connectivity index (χ2n) is 3.32. The predicted molar refractivity (Wildman–Crippen MR) is 56.2 cm³/mol. The summed E-state index contributed by atoms with van der Waals surface area (Å²) in [4.78, 5) is 2.84. The van der Waals surface area contributed by atoms with Gasteiger partial charge in [0, 0.05) is 21.6 Å². The van der Waals surface area contributed by atoms with Crippen LogP contribution in [0.15, 0.2) is 24.3 Å². The Balaban J connectivity index is 2.47. The second-order valence-corrected chi connectivity index (χ2v) is 3.75. The SMILES string of the molecule is NC(c1cc2cc(Cl)ccc2[nH]1)C(F)F. The molecule has 1 heterocycles. The first-order valence-electron chi connectivity index (χ1n) is 4.40. The van der Waals surface area contributed by atoms with Crippen LogP contribution in [-0.2, 0) is 0 Å². The van der Waals surface area contributed by atoms with Crippen LogP contribution in [0.2, 0.25) is 5.02 Å². The van der Waals surface area contributed by atoms with Gasteiger partial charge in [-0.15, -0.1) is 0 Å². The molecule has 15 heavy (non-hydrogen) atoms. The Morgan fingerprint density at radius 1 is 1.27 bits per heavy atom. The Labute approximate surface area is 90.0 Å². The highest BCUT2D eigenvalue weighted by Crippen LogP contribution is 2.24. The van der Waals surface area contributed by atoms with Crippen LogP contribution in [0.3, 0.4) is 0 Å². The molecule has 0 aliphatic rings. The molecule has 0 bridgehead atoms. The fourth-order valence-corrected chi connectivity index (χ4v) is 1.62. The number of aromatic nitrogens is 1. The van der Waals surface area contributed by atoms with E-state index in [1.165, 1.54) is 0 Å². The molecule has 80 valence electrons. The van der Waals surface area contributed by atoms with E-state index in [0.29, 0.717) is 10.7 Å². The summed E-state index contributed by atoms with van der Waals surface area (Å²) in [6.45, 7) is 0. The van der Waals surface area contributed by atoms with Crippen molar-refractivity contribution in [3.8, 4) is 0 Å². The van der Waals surface area contributed by atoms with E-state index < -0.39 is 12.5 Å². The average molecular weight is 231 g/mol. The Morgan fingerprint density at radius 2 is 2.00 bits per heavy atom. The zero-order chi connectivity index (χ0) is 11.0. The molecular weight excluding hydrogens is 222 g/mol. The number of rotatable bonds is 2. The number of fused-ring (bicyclic) bond motifs is 1. The van der Waals surface area contributed by atoms with Gasteiger partial charge in [-0.1, -0.05) is 11.6 Å². The van der Waals surface area contributed by atoms with Gasteiger partial charge in [-0.2, -0.15) is 0 Å². The molecule has 0 saturated heterocycles. The van der Waals surface area contributed by atoms with Crippen molar-refractivity contribution in [3.05, 3.63) is 35.0 Å². The highest BCUT2D eigenvalue weighted by Gasteiger charge is 2.19. The second kappa shape index (κ2) is 3.79. The summed E-state index contributed by atoms with van der Waals surface area (Å²) >= 11 is 5.78. The van der Waals surface area contributed by atoms with Gasteiger partial charge < -0.3 is 10.7 Å². The molecule has 1 aromatic heterocycles. The van der Waals surface area contributed by atoms with Crippen molar-refractivity contribution >= 4 is 22.5 Å². The average Bonchev–Trinajstić information content (AvgIpc) is 2.58. The minimum absolute atomic E-state index is 0.322. The van der Waals surface area contributed by atoms with Crippen molar-refractivity contribution in [3.63, 3.8) is 0 Å². The van der Waals surface area contributed by atoms with Crippen LogP contribution in [0.1, 0.15) is 11.7 Å². The molecule has 0 spiro atoms. The van der Waals surface area contributed by atoms with E-state index in [4.69, 9.17) is 17.3 Å². The third-order valence-corrected chi connectivity index (χ3v) is 2.47. The fourth-order valence-electron chi connectivity index (χ4n) is 1.44.